The fourth-order valence-electron chi connectivity index (χ4n) is 2.18. The maximum Gasteiger partial charge on any atom is 0.127 e. The highest BCUT2D eigenvalue weighted by Gasteiger charge is 2.13. The molecule has 0 aromatic heterocycles. The lowest BCUT2D eigenvalue weighted by atomic mass is 9.98. The van der Waals surface area contributed by atoms with Crippen molar-refractivity contribution in [2.45, 2.75) is 20.3 Å². The van der Waals surface area contributed by atoms with Crippen molar-refractivity contribution in [3.8, 4) is 11.1 Å². The molecule has 0 bridgehead atoms. The molecule has 0 amide bonds. The monoisotopic (exact) mass is 311 g/mol. The number of nitrogens with two attached hydrogens (primary N) is 1. The van der Waals surface area contributed by atoms with Crippen molar-refractivity contribution >= 4 is 28.9 Å². The van der Waals surface area contributed by atoms with Crippen molar-refractivity contribution in [3.05, 3.63) is 51.8 Å². The minimum Gasteiger partial charge on any atom is -0.399 e. The molecule has 2 aromatic carbocycles. The fraction of sp³-hybridized carbons (Fsp3) is 0.250. The average molecular weight is 312 g/mol. The van der Waals surface area contributed by atoms with Crippen LogP contribution in [0.25, 0.3) is 11.1 Å². The van der Waals surface area contributed by atoms with Crippen LogP contribution in [0.3, 0.4) is 0 Å². The smallest absolute Gasteiger partial charge is 0.127 e. The van der Waals surface area contributed by atoms with Crippen LogP contribution in [0.5, 0.6) is 0 Å². The molecule has 0 aliphatic carbocycles. The van der Waals surface area contributed by atoms with Crippen molar-refractivity contribution in [2.24, 2.45) is 5.92 Å². The first-order valence-corrected chi connectivity index (χ1v) is 7.17. The van der Waals surface area contributed by atoms with Crippen LogP contribution < -0.4 is 5.73 Å². The molecule has 0 radical (unpaired) electrons. The van der Waals surface area contributed by atoms with Gasteiger partial charge in [-0.05, 0) is 41.7 Å². The normalized spacial score (nSPS) is 11.1. The predicted octanol–water partition coefficient (Wildman–Crippen LogP) is 5.58. The molecule has 20 heavy (non-hydrogen) atoms. The highest BCUT2D eigenvalue weighted by molar-refractivity contribution is 6.39. The highest BCUT2D eigenvalue weighted by Crippen LogP contribution is 2.37. The summed E-state index contributed by atoms with van der Waals surface area (Å²) >= 11 is 12.3. The Bertz CT molecular complexity index is 615. The third kappa shape index (κ3) is 3.25. The lowest BCUT2D eigenvalue weighted by Crippen LogP contribution is -1.98. The molecule has 2 aromatic rings. The molecule has 106 valence electrons. The molecule has 4 heteroatoms. The molecular weight excluding hydrogens is 296 g/mol. The molecule has 2 N–H and O–H groups in total. The van der Waals surface area contributed by atoms with E-state index in [1.807, 2.05) is 6.07 Å². The van der Waals surface area contributed by atoms with Crippen LogP contribution in [0, 0.1) is 11.7 Å². The van der Waals surface area contributed by atoms with Crippen molar-refractivity contribution < 1.29 is 4.39 Å². The second-order valence-electron chi connectivity index (χ2n) is 5.26. The topological polar surface area (TPSA) is 26.0 Å². The van der Waals surface area contributed by atoms with Crippen LogP contribution in [0.4, 0.5) is 10.1 Å². The van der Waals surface area contributed by atoms with Gasteiger partial charge in [0.05, 0.1) is 10.0 Å². The van der Waals surface area contributed by atoms with E-state index in [0.29, 0.717) is 44.8 Å². The number of rotatable bonds is 3. The Labute approximate surface area is 128 Å². The molecule has 0 spiro atoms. The Hall–Kier alpha value is -1.25. The lowest BCUT2D eigenvalue weighted by molar-refractivity contribution is 0.574. The van der Waals surface area contributed by atoms with Gasteiger partial charge in [-0.15, -0.1) is 0 Å². The number of halogens is 3. The van der Waals surface area contributed by atoms with Crippen LogP contribution in [-0.2, 0) is 6.42 Å². The van der Waals surface area contributed by atoms with Gasteiger partial charge in [0.25, 0.3) is 0 Å². The Morgan fingerprint density at radius 1 is 1.10 bits per heavy atom. The van der Waals surface area contributed by atoms with Gasteiger partial charge in [-0.2, -0.15) is 0 Å². The van der Waals surface area contributed by atoms with Gasteiger partial charge < -0.3 is 5.73 Å². The Balaban J connectivity index is 2.47. The first-order valence-electron chi connectivity index (χ1n) is 6.41. The van der Waals surface area contributed by atoms with Gasteiger partial charge in [0.1, 0.15) is 5.82 Å². The molecule has 1 nitrogen and oxygen atoms in total. The van der Waals surface area contributed by atoms with E-state index < -0.39 is 0 Å². The van der Waals surface area contributed by atoms with E-state index in [-0.39, 0.29) is 5.82 Å². The van der Waals surface area contributed by atoms with Crippen LogP contribution >= 0.6 is 23.2 Å². The number of hydrogen-bond acceptors (Lipinski definition) is 1. The lowest BCUT2D eigenvalue weighted by Gasteiger charge is -2.11. The maximum atomic E-state index is 14.1. The van der Waals surface area contributed by atoms with Gasteiger partial charge in [-0.1, -0.05) is 49.2 Å². The van der Waals surface area contributed by atoms with Crippen LogP contribution in [0.1, 0.15) is 19.4 Å². The molecule has 0 unspecified atom stereocenters. The number of anilines is 1. The van der Waals surface area contributed by atoms with E-state index in [2.05, 4.69) is 13.8 Å². The Morgan fingerprint density at radius 3 is 2.20 bits per heavy atom. The van der Waals surface area contributed by atoms with E-state index in [9.17, 15) is 4.39 Å². The summed E-state index contributed by atoms with van der Waals surface area (Å²) in [6, 6.07) is 8.32. The van der Waals surface area contributed by atoms with Crippen molar-refractivity contribution in [3.63, 3.8) is 0 Å². The van der Waals surface area contributed by atoms with Crippen LogP contribution in [0.2, 0.25) is 10.0 Å². The van der Waals surface area contributed by atoms with Crippen LogP contribution in [-0.4, -0.2) is 0 Å². The summed E-state index contributed by atoms with van der Waals surface area (Å²) in [5, 5.41) is 0.844. The highest BCUT2D eigenvalue weighted by atomic mass is 35.5. The van der Waals surface area contributed by atoms with Gasteiger partial charge in [-0.25, -0.2) is 4.39 Å². The van der Waals surface area contributed by atoms with Crippen molar-refractivity contribution in [1.82, 2.24) is 0 Å². The minimum absolute atomic E-state index is 0.236. The predicted molar refractivity (Wildman–Crippen MR) is 84.8 cm³/mol. The zero-order valence-electron chi connectivity index (χ0n) is 11.4. The Morgan fingerprint density at radius 2 is 1.70 bits per heavy atom. The molecule has 0 aliphatic rings. The standard InChI is InChI=1S/C16H16Cl2FN/c1-9(2)5-10-3-4-11(6-15(10)19)16-13(17)7-12(20)8-14(16)18/h3-4,6-9H,5,20H2,1-2H3. The molecule has 0 saturated heterocycles. The van der Waals surface area contributed by atoms with Gasteiger partial charge in [0.15, 0.2) is 0 Å². The summed E-state index contributed by atoms with van der Waals surface area (Å²) in [6.45, 7) is 4.11. The third-order valence-corrected chi connectivity index (χ3v) is 3.63. The van der Waals surface area contributed by atoms with E-state index in [0.717, 1.165) is 0 Å². The summed E-state index contributed by atoms with van der Waals surface area (Å²) < 4.78 is 14.1. The number of benzene rings is 2. The van der Waals surface area contributed by atoms with Gasteiger partial charge >= 0.3 is 0 Å². The van der Waals surface area contributed by atoms with Gasteiger partial charge in [0, 0.05) is 11.3 Å². The zero-order valence-corrected chi connectivity index (χ0v) is 12.9. The molecule has 0 saturated carbocycles. The Kier molecular flexibility index (Phi) is 4.56. The molecule has 2 rings (SSSR count). The molecular formula is C16H16Cl2FN. The summed E-state index contributed by atoms with van der Waals surface area (Å²) in [7, 11) is 0. The molecule has 0 atom stereocenters. The summed E-state index contributed by atoms with van der Waals surface area (Å²) in [4.78, 5) is 0. The van der Waals surface area contributed by atoms with Crippen molar-refractivity contribution in [1.29, 1.82) is 0 Å². The minimum atomic E-state index is -0.236. The first kappa shape index (κ1) is 15.1. The second-order valence-corrected chi connectivity index (χ2v) is 6.08. The summed E-state index contributed by atoms with van der Waals surface area (Å²) in [6.07, 6.45) is 0.704. The van der Waals surface area contributed by atoms with Gasteiger partial charge in [0.2, 0.25) is 0 Å². The van der Waals surface area contributed by atoms with E-state index in [1.54, 1.807) is 18.2 Å². The second kappa shape index (κ2) is 6.02. The SMILES string of the molecule is CC(C)Cc1ccc(-c2c(Cl)cc(N)cc2Cl)cc1F. The third-order valence-electron chi connectivity index (χ3n) is 3.03. The number of nitrogen functional groups attached to an aromatic ring is 1. The molecule has 0 fully saturated rings. The average Bonchev–Trinajstić information content (AvgIpc) is 2.30. The first-order chi connectivity index (χ1) is 9.38. The van der Waals surface area contributed by atoms with Crippen molar-refractivity contribution in [2.75, 3.05) is 5.73 Å². The largest absolute Gasteiger partial charge is 0.399 e. The van der Waals surface area contributed by atoms with Gasteiger partial charge in [-0.3, -0.25) is 0 Å². The van der Waals surface area contributed by atoms with E-state index >= 15 is 0 Å². The molecule has 0 heterocycles. The summed E-state index contributed by atoms with van der Waals surface area (Å²) in [5.41, 5.74) is 8.13. The molecule has 0 aliphatic heterocycles. The van der Waals surface area contributed by atoms with E-state index in [1.165, 1.54) is 6.07 Å². The maximum absolute atomic E-state index is 14.1. The fourth-order valence-corrected chi connectivity index (χ4v) is 2.90. The summed E-state index contributed by atoms with van der Waals surface area (Å²) in [5.74, 6) is 0.166. The van der Waals surface area contributed by atoms with E-state index in [4.69, 9.17) is 28.9 Å². The zero-order chi connectivity index (χ0) is 14.9. The van der Waals surface area contributed by atoms with Crippen LogP contribution in [0.15, 0.2) is 30.3 Å². The quantitative estimate of drug-likeness (QED) is 0.736. The number of hydrogen-bond donors (Lipinski definition) is 1.